The monoisotopic (exact) mass is 542 g/mol. The number of rotatable bonds is 18. The minimum absolute atomic E-state index is 0.103. The van der Waals surface area contributed by atoms with E-state index in [0.29, 0.717) is 29.9 Å². The largest absolute Gasteiger partial charge is 0.475 e. The smallest absolute Gasteiger partial charge is 0.310 e. The van der Waals surface area contributed by atoms with Crippen molar-refractivity contribution in [2.45, 2.75) is 104 Å². The second-order valence-electron chi connectivity index (χ2n) is 10.8. The number of aromatic nitrogens is 2. The highest BCUT2D eigenvalue weighted by atomic mass is 32.1. The van der Waals surface area contributed by atoms with Crippen molar-refractivity contribution in [3.8, 4) is 5.88 Å². The molecule has 2 heterocycles. The molecule has 1 aliphatic heterocycles. The van der Waals surface area contributed by atoms with Gasteiger partial charge in [-0.05, 0) is 25.0 Å². The van der Waals surface area contributed by atoms with E-state index in [2.05, 4.69) is 47.9 Å². The zero-order valence-electron chi connectivity index (χ0n) is 23.8. The minimum atomic E-state index is -0.359. The summed E-state index contributed by atoms with van der Waals surface area (Å²) in [5.74, 6) is 0.535. The first kappa shape index (κ1) is 30.3. The van der Waals surface area contributed by atoms with Gasteiger partial charge in [-0.25, -0.2) is 0 Å². The lowest BCUT2D eigenvalue weighted by Gasteiger charge is -2.42. The number of unbranched alkanes of at least 4 members (excludes halogenated alkanes) is 9. The van der Waals surface area contributed by atoms with E-state index in [9.17, 15) is 4.79 Å². The molecule has 0 fully saturated rings. The molecule has 2 aromatic rings. The summed E-state index contributed by atoms with van der Waals surface area (Å²) < 4.78 is 22.0. The number of carbonyl (C=O) groups is 1. The van der Waals surface area contributed by atoms with Crippen LogP contribution in [-0.2, 0) is 9.53 Å². The van der Waals surface area contributed by atoms with Crippen LogP contribution in [0.25, 0.3) is 5.57 Å². The van der Waals surface area contributed by atoms with E-state index in [0.717, 1.165) is 49.1 Å². The second kappa shape index (κ2) is 16.7. The van der Waals surface area contributed by atoms with Crippen molar-refractivity contribution in [1.29, 1.82) is 0 Å². The number of nitrogens with zero attached hydrogens (tertiary/aromatic N) is 3. The summed E-state index contributed by atoms with van der Waals surface area (Å²) in [5, 5.41) is 0. The molecule has 210 valence electrons. The third kappa shape index (κ3) is 9.49. The van der Waals surface area contributed by atoms with Gasteiger partial charge < -0.3 is 9.47 Å². The number of hydrogen-bond acceptors (Lipinski definition) is 6. The highest BCUT2D eigenvalue weighted by Gasteiger charge is 2.40. The number of benzene rings is 1. The Balaban J connectivity index is 1.64. The molecule has 1 aliphatic rings. The van der Waals surface area contributed by atoms with Crippen LogP contribution in [0.15, 0.2) is 36.4 Å². The lowest BCUT2D eigenvalue weighted by atomic mass is 10.0. The third-order valence-corrected chi connectivity index (χ3v) is 7.95. The standard InChI is InChI=1S/C31H48N3O3S/c1-4-6-8-10-11-12-16-22-28(35)37-31(26-19-14-13-15-20-26)34(3)23-18-21-27(25-34)29-30(33-38-32-29)36-24-17-9-7-5-2/h13-15,19-21,31H,4-12,16-18,22-25H2,1-3H3/q+1. The van der Waals surface area contributed by atoms with E-state index >= 15 is 0 Å². The zero-order valence-corrected chi connectivity index (χ0v) is 24.6. The van der Waals surface area contributed by atoms with Crippen LogP contribution in [0.3, 0.4) is 0 Å². The van der Waals surface area contributed by atoms with Gasteiger partial charge in [-0.1, -0.05) is 95.9 Å². The molecule has 0 saturated carbocycles. The van der Waals surface area contributed by atoms with Crippen LogP contribution in [0.4, 0.5) is 0 Å². The van der Waals surface area contributed by atoms with Crippen LogP contribution in [0.1, 0.15) is 115 Å². The molecule has 2 atom stereocenters. The Morgan fingerprint density at radius 3 is 2.37 bits per heavy atom. The summed E-state index contributed by atoms with van der Waals surface area (Å²) in [6, 6.07) is 10.2. The Morgan fingerprint density at radius 2 is 1.63 bits per heavy atom. The Labute approximate surface area is 234 Å². The fourth-order valence-corrected chi connectivity index (χ4v) is 5.72. The van der Waals surface area contributed by atoms with Gasteiger partial charge in [0.1, 0.15) is 12.2 Å². The Morgan fingerprint density at radius 1 is 0.947 bits per heavy atom. The van der Waals surface area contributed by atoms with E-state index in [1.54, 1.807) is 0 Å². The van der Waals surface area contributed by atoms with E-state index < -0.39 is 0 Å². The van der Waals surface area contributed by atoms with E-state index in [1.165, 1.54) is 63.1 Å². The minimum Gasteiger partial charge on any atom is -0.475 e. The predicted molar refractivity (Wildman–Crippen MR) is 156 cm³/mol. The first-order chi connectivity index (χ1) is 18.6. The average Bonchev–Trinajstić information content (AvgIpc) is 3.40. The lowest BCUT2D eigenvalue weighted by Crippen LogP contribution is -2.51. The summed E-state index contributed by atoms with van der Waals surface area (Å²) in [6.07, 6.45) is 16.2. The van der Waals surface area contributed by atoms with Crippen molar-refractivity contribution < 1.29 is 18.8 Å². The van der Waals surface area contributed by atoms with E-state index in [-0.39, 0.29) is 12.2 Å². The summed E-state index contributed by atoms with van der Waals surface area (Å²) in [6.45, 7) is 6.71. The second-order valence-corrected chi connectivity index (χ2v) is 11.4. The molecular formula is C31H48N3O3S+. The van der Waals surface area contributed by atoms with Crippen molar-refractivity contribution in [3.05, 3.63) is 47.7 Å². The zero-order chi connectivity index (χ0) is 27.1. The number of hydrogen-bond donors (Lipinski definition) is 0. The van der Waals surface area contributed by atoms with Crippen LogP contribution >= 0.6 is 11.7 Å². The van der Waals surface area contributed by atoms with Gasteiger partial charge in [0.05, 0.1) is 37.5 Å². The third-order valence-electron chi connectivity index (χ3n) is 7.44. The molecule has 7 heteroatoms. The lowest BCUT2D eigenvalue weighted by molar-refractivity contribution is -0.953. The maximum absolute atomic E-state index is 13.0. The van der Waals surface area contributed by atoms with Gasteiger partial charge in [0.15, 0.2) is 0 Å². The maximum Gasteiger partial charge on any atom is 0.310 e. The topological polar surface area (TPSA) is 61.3 Å². The molecule has 2 unspecified atom stereocenters. The SMILES string of the molecule is CCCCCCCCCC(=O)OC(c1ccccc1)[N+]1(C)CCC=C(c2nsnc2OCCCCCC)C1. The molecular weight excluding hydrogens is 494 g/mol. The summed E-state index contributed by atoms with van der Waals surface area (Å²) >= 11 is 1.20. The first-order valence-electron chi connectivity index (χ1n) is 14.8. The van der Waals surface area contributed by atoms with Crippen LogP contribution in [0, 0.1) is 0 Å². The van der Waals surface area contributed by atoms with Crippen molar-refractivity contribution in [2.24, 2.45) is 0 Å². The van der Waals surface area contributed by atoms with Gasteiger partial charge in [-0.15, -0.1) is 4.37 Å². The van der Waals surface area contributed by atoms with Gasteiger partial charge in [0.2, 0.25) is 0 Å². The molecule has 0 bridgehead atoms. The molecule has 0 amide bonds. The van der Waals surface area contributed by atoms with Crippen LogP contribution in [0.5, 0.6) is 5.88 Å². The summed E-state index contributed by atoms with van der Waals surface area (Å²) in [7, 11) is 2.19. The summed E-state index contributed by atoms with van der Waals surface area (Å²) in [4.78, 5) is 13.0. The molecule has 38 heavy (non-hydrogen) atoms. The van der Waals surface area contributed by atoms with E-state index in [4.69, 9.17) is 9.47 Å². The Hall–Kier alpha value is -2.25. The first-order valence-corrected chi connectivity index (χ1v) is 15.5. The molecule has 0 spiro atoms. The quantitative estimate of drug-likeness (QED) is 0.108. The number of ether oxygens (including phenoxy) is 2. The molecule has 3 rings (SSSR count). The number of likely N-dealkylation sites (N-methyl/N-ethyl adjacent to an activating group) is 1. The fourth-order valence-electron chi connectivity index (χ4n) is 5.19. The van der Waals surface area contributed by atoms with Crippen molar-refractivity contribution in [1.82, 2.24) is 8.75 Å². The Bertz CT molecular complexity index is 978. The predicted octanol–water partition coefficient (Wildman–Crippen LogP) is 8.11. The molecule has 0 aliphatic carbocycles. The average molecular weight is 543 g/mol. The Kier molecular flexibility index (Phi) is 13.3. The molecule has 1 aromatic carbocycles. The van der Waals surface area contributed by atoms with Crippen molar-refractivity contribution in [3.63, 3.8) is 0 Å². The molecule has 0 saturated heterocycles. The van der Waals surface area contributed by atoms with Gasteiger partial charge >= 0.3 is 5.97 Å². The van der Waals surface area contributed by atoms with Gasteiger partial charge in [-0.2, -0.15) is 4.37 Å². The van der Waals surface area contributed by atoms with Crippen molar-refractivity contribution in [2.75, 3.05) is 26.7 Å². The molecule has 1 aromatic heterocycles. The van der Waals surface area contributed by atoms with Crippen LogP contribution < -0.4 is 4.74 Å². The van der Waals surface area contributed by atoms with Crippen LogP contribution in [0.2, 0.25) is 0 Å². The molecule has 0 radical (unpaired) electrons. The normalized spacial score (nSPS) is 18.1. The van der Waals surface area contributed by atoms with Crippen LogP contribution in [-0.4, -0.2) is 45.9 Å². The number of carbonyl (C=O) groups excluding carboxylic acids is 1. The van der Waals surface area contributed by atoms with Gasteiger partial charge in [0.25, 0.3) is 12.1 Å². The van der Waals surface area contributed by atoms with Gasteiger partial charge in [0, 0.05) is 18.4 Å². The van der Waals surface area contributed by atoms with E-state index in [1.807, 2.05) is 18.2 Å². The number of quaternary nitrogens is 1. The molecule has 6 nitrogen and oxygen atoms in total. The maximum atomic E-state index is 13.0. The highest BCUT2D eigenvalue weighted by Crippen LogP contribution is 2.37. The highest BCUT2D eigenvalue weighted by molar-refractivity contribution is 6.99. The van der Waals surface area contributed by atoms with Gasteiger partial charge in [-0.3, -0.25) is 9.28 Å². The number of esters is 1. The fraction of sp³-hybridized carbons (Fsp3) is 0.645. The molecule has 0 N–H and O–H groups in total. The van der Waals surface area contributed by atoms with Crippen molar-refractivity contribution >= 4 is 23.3 Å². The summed E-state index contributed by atoms with van der Waals surface area (Å²) in [5.41, 5.74) is 3.00.